The van der Waals surface area contributed by atoms with E-state index in [0.717, 1.165) is 22.7 Å². The largest absolute Gasteiger partial charge is 0.476 e. The second-order valence-corrected chi connectivity index (χ2v) is 8.73. The maximum atomic E-state index is 12.2. The molecule has 0 saturated heterocycles. The number of nitrogens with zero attached hydrogens (tertiary/aromatic N) is 1. The van der Waals surface area contributed by atoms with Crippen LogP contribution >= 0.6 is 34.3 Å². The van der Waals surface area contributed by atoms with Crippen molar-refractivity contribution in [2.75, 3.05) is 0 Å². The van der Waals surface area contributed by atoms with Gasteiger partial charge in [0.25, 0.3) is 10.0 Å². The van der Waals surface area contributed by atoms with Crippen molar-refractivity contribution in [1.82, 2.24) is 9.71 Å². The molecule has 0 spiro atoms. The van der Waals surface area contributed by atoms with Crippen molar-refractivity contribution in [2.24, 2.45) is 0 Å². The van der Waals surface area contributed by atoms with Crippen LogP contribution in [0.4, 0.5) is 0 Å². The Morgan fingerprint density at radius 3 is 2.67 bits per heavy atom. The molecule has 0 bridgehead atoms. The van der Waals surface area contributed by atoms with Crippen molar-refractivity contribution in [1.29, 1.82) is 0 Å². The highest BCUT2D eigenvalue weighted by molar-refractivity contribution is 7.91. The van der Waals surface area contributed by atoms with Crippen LogP contribution in [-0.4, -0.2) is 24.5 Å². The highest BCUT2D eigenvalue weighted by Gasteiger charge is 2.23. The molecule has 0 aliphatic heterocycles. The normalized spacial score (nSPS) is 13.3. The van der Waals surface area contributed by atoms with E-state index in [-0.39, 0.29) is 9.90 Å². The number of aryl methyl sites for hydroxylation is 1. The van der Waals surface area contributed by atoms with Gasteiger partial charge in [-0.3, -0.25) is 0 Å². The summed E-state index contributed by atoms with van der Waals surface area (Å²) in [7, 11) is -3.72. The Balaban J connectivity index is 2.21. The van der Waals surface area contributed by atoms with Crippen molar-refractivity contribution in [3.8, 4) is 0 Å². The topological polar surface area (TPSA) is 96.4 Å². The number of rotatable bonds is 5. The first-order valence-corrected chi connectivity index (χ1v) is 9.23. The van der Waals surface area contributed by atoms with Gasteiger partial charge in [0.1, 0.15) is 9.22 Å². The Hall–Kier alpha value is -1.00. The fourth-order valence-corrected chi connectivity index (χ4v) is 5.30. The van der Waals surface area contributed by atoms with Crippen LogP contribution in [0.15, 0.2) is 15.7 Å². The number of nitrogens with one attached hydrogen (secondary N) is 1. The molecule has 2 aromatic rings. The number of sulfonamides is 1. The lowest BCUT2D eigenvalue weighted by Gasteiger charge is -2.10. The molecular formula is C11H11ClN2O4S3. The van der Waals surface area contributed by atoms with E-state index >= 15 is 0 Å². The van der Waals surface area contributed by atoms with Gasteiger partial charge >= 0.3 is 5.97 Å². The van der Waals surface area contributed by atoms with Crippen LogP contribution in [0.25, 0.3) is 0 Å². The number of carboxylic acid groups (broad SMARTS) is 1. The first-order valence-electron chi connectivity index (χ1n) is 5.67. The number of thiophene rings is 1. The molecule has 114 valence electrons. The summed E-state index contributed by atoms with van der Waals surface area (Å²) >= 11 is 7.94. The number of aromatic nitrogens is 1. The molecule has 2 aromatic heterocycles. The minimum atomic E-state index is -3.72. The van der Waals surface area contributed by atoms with Gasteiger partial charge in [-0.25, -0.2) is 22.9 Å². The van der Waals surface area contributed by atoms with Gasteiger partial charge in [0.15, 0.2) is 5.69 Å². The Morgan fingerprint density at radius 1 is 1.52 bits per heavy atom. The molecule has 6 nitrogen and oxygen atoms in total. The monoisotopic (exact) mass is 366 g/mol. The van der Waals surface area contributed by atoms with Gasteiger partial charge in [-0.15, -0.1) is 22.7 Å². The fourth-order valence-electron chi connectivity index (χ4n) is 1.49. The molecule has 2 heterocycles. The van der Waals surface area contributed by atoms with E-state index in [1.807, 2.05) is 0 Å². The van der Waals surface area contributed by atoms with Crippen LogP contribution in [0.5, 0.6) is 0 Å². The second kappa shape index (κ2) is 6.01. The van der Waals surface area contributed by atoms with Crippen molar-refractivity contribution < 1.29 is 18.3 Å². The minimum Gasteiger partial charge on any atom is -0.476 e. The summed E-state index contributed by atoms with van der Waals surface area (Å²) in [4.78, 5) is 14.7. The molecular weight excluding hydrogens is 356 g/mol. The van der Waals surface area contributed by atoms with E-state index in [0.29, 0.717) is 14.9 Å². The molecule has 0 radical (unpaired) electrons. The van der Waals surface area contributed by atoms with E-state index in [1.54, 1.807) is 13.8 Å². The van der Waals surface area contributed by atoms with Gasteiger partial charge < -0.3 is 5.11 Å². The fraction of sp³-hybridized carbons (Fsp3) is 0.273. The zero-order valence-electron chi connectivity index (χ0n) is 11.0. The van der Waals surface area contributed by atoms with E-state index in [4.69, 9.17) is 16.7 Å². The standard InChI is InChI=1S/C11H11ClN2O4S3/c1-5-3-8(20-9(5)12)21(17,18)14-6(2)10-13-7(4-19-10)11(15)16/h3-4,6,14H,1-2H3,(H,15,16). The predicted molar refractivity (Wildman–Crippen MR) is 81.9 cm³/mol. The molecule has 2 rings (SSSR count). The first-order chi connectivity index (χ1) is 9.70. The molecule has 1 unspecified atom stereocenters. The summed E-state index contributed by atoms with van der Waals surface area (Å²) in [5.41, 5.74) is 0.591. The average Bonchev–Trinajstić information content (AvgIpc) is 2.97. The van der Waals surface area contributed by atoms with E-state index in [1.165, 1.54) is 11.4 Å². The van der Waals surface area contributed by atoms with Gasteiger partial charge in [0.2, 0.25) is 0 Å². The molecule has 2 N–H and O–H groups in total. The van der Waals surface area contributed by atoms with Gasteiger partial charge in [0, 0.05) is 5.38 Å². The number of thiazole rings is 1. The Labute approximate surface area is 134 Å². The lowest BCUT2D eigenvalue weighted by Crippen LogP contribution is -2.26. The second-order valence-electron chi connectivity index (χ2n) is 4.24. The maximum Gasteiger partial charge on any atom is 0.355 e. The van der Waals surface area contributed by atoms with Crippen molar-refractivity contribution >= 4 is 50.3 Å². The molecule has 1 atom stereocenters. The number of carboxylic acids is 1. The van der Waals surface area contributed by atoms with E-state index in [2.05, 4.69) is 9.71 Å². The number of hydrogen-bond donors (Lipinski definition) is 2. The highest BCUT2D eigenvalue weighted by atomic mass is 35.5. The van der Waals surface area contributed by atoms with Crippen molar-refractivity contribution in [2.45, 2.75) is 24.1 Å². The summed E-state index contributed by atoms with van der Waals surface area (Å²) in [6.07, 6.45) is 0. The summed E-state index contributed by atoms with van der Waals surface area (Å²) in [5.74, 6) is -1.15. The van der Waals surface area contributed by atoms with Gasteiger partial charge in [-0.1, -0.05) is 11.6 Å². The Bertz CT molecular complexity index is 762. The summed E-state index contributed by atoms with van der Waals surface area (Å²) in [6, 6.07) is 0.862. The molecule has 0 aliphatic rings. The van der Waals surface area contributed by atoms with E-state index in [9.17, 15) is 13.2 Å². The lowest BCUT2D eigenvalue weighted by molar-refractivity contribution is 0.0691. The predicted octanol–water partition coefficient (Wildman–Crippen LogP) is 2.90. The SMILES string of the molecule is Cc1cc(S(=O)(=O)NC(C)c2nc(C(=O)O)cs2)sc1Cl. The first kappa shape index (κ1) is 16.4. The Kier molecular flexibility index (Phi) is 4.69. The van der Waals surface area contributed by atoms with Crippen LogP contribution in [0.1, 0.15) is 34.0 Å². The third-order valence-electron chi connectivity index (χ3n) is 2.54. The maximum absolute atomic E-state index is 12.2. The van der Waals surface area contributed by atoms with Gasteiger partial charge in [-0.2, -0.15) is 0 Å². The zero-order chi connectivity index (χ0) is 15.8. The van der Waals surface area contributed by atoms with Crippen molar-refractivity contribution in [3.63, 3.8) is 0 Å². The molecule has 10 heteroatoms. The third kappa shape index (κ3) is 3.61. The zero-order valence-corrected chi connectivity index (χ0v) is 14.2. The quantitative estimate of drug-likeness (QED) is 0.848. The Morgan fingerprint density at radius 2 is 2.19 bits per heavy atom. The molecule has 0 aliphatic carbocycles. The van der Waals surface area contributed by atoms with Crippen molar-refractivity contribution in [3.05, 3.63) is 32.0 Å². The molecule has 0 fully saturated rings. The molecule has 21 heavy (non-hydrogen) atoms. The number of aromatic carboxylic acids is 1. The molecule has 0 amide bonds. The molecule has 0 aromatic carbocycles. The van der Waals surface area contributed by atoms with Crippen LogP contribution in [0.2, 0.25) is 4.34 Å². The number of carbonyl (C=O) groups is 1. The molecule has 0 saturated carbocycles. The smallest absolute Gasteiger partial charge is 0.355 e. The van der Waals surface area contributed by atoms with Gasteiger partial charge in [-0.05, 0) is 25.5 Å². The number of halogens is 1. The summed E-state index contributed by atoms with van der Waals surface area (Å²) in [6.45, 7) is 3.32. The van der Waals surface area contributed by atoms with Crippen LogP contribution in [0, 0.1) is 6.92 Å². The summed E-state index contributed by atoms with van der Waals surface area (Å²) < 4.78 is 27.4. The summed E-state index contributed by atoms with van der Waals surface area (Å²) in [5, 5.41) is 10.6. The number of hydrogen-bond acceptors (Lipinski definition) is 6. The lowest BCUT2D eigenvalue weighted by atomic mass is 10.4. The van der Waals surface area contributed by atoms with E-state index < -0.39 is 22.0 Å². The van der Waals surface area contributed by atoms with Crippen LogP contribution < -0.4 is 4.72 Å². The van der Waals surface area contributed by atoms with Crippen LogP contribution in [0.3, 0.4) is 0 Å². The highest BCUT2D eigenvalue weighted by Crippen LogP contribution is 2.31. The minimum absolute atomic E-state index is 0.101. The third-order valence-corrected chi connectivity index (χ3v) is 7.14. The van der Waals surface area contributed by atoms with Crippen LogP contribution in [-0.2, 0) is 10.0 Å². The van der Waals surface area contributed by atoms with Gasteiger partial charge in [0.05, 0.1) is 10.4 Å². The average molecular weight is 367 g/mol.